The largest absolute Gasteiger partial charge is 0.339 e. The molecule has 5 heteroatoms. The lowest BCUT2D eigenvalue weighted by atomic mass is 9.94. The van der Waals surface area contributed by atoms with Crippen LogP contribution in [0.2, 0.25) is 0 Å². The molecule has 0 saturated heterocycles. The summed E-state index contributed by atoms with van der Waals surface area (Å²) in [5.74, 6) is 2.43. The molecule has 0 aliphatic carbocycles. The smallest absolute Gasteiger partial charge is 0.227 e. The van der Waals surface area contributed by atoms with E-state index in [4.69, 9.17) is 10.3 Å². The molecule has 0 spiro atoms. The predicted octanol–water partition coefficient (Wildman–Crippen LogP) is 3.27. The number of nitrogens with zero attached hydrogens (tertiary/aromatic N) is 2. The molecule has 0 bridgehead atoms. The fourth-order valence-electron chi connectivity index (χ4n) is 2.21. The Bertz CT molecular complexity index is 518. The Balaban J connectivity index is 2.07. The molecule has 19 heavy (non-hydrogen) atoms. The van der Waals surface area contributed by atoms with Gasteiger partial charge in [0.2, 0.25) is 11.7 Å². The number of rotatable bonds is 6. The van der Waals surface area contributed by atoms with Crippen molar-refractivity contribution in [3.63, 3.8) is 0 Å². The molecule has 2 heterocycles. The van der Waals surface area contributed by atoms with Crippen LogP contribution >= 0.6 is 11.3 Å². The van der Waals surface area contributed by atoms with Crippen LogP contribution < -0.4 is 5.73 Å². The summed E-state index contributed by atoms with van der Waals surface area (Å²) in [6.45, 7) is 7.13. The van der Waals surface area contributed by atoms with Gasteiger partial charge in [-0.05, 0) is 42.7 Å². The molecule has 0 unspecified atom stereocenters. The number of hydrogen-bond acceptors (Lipinski definition) is 5. The second kappa shape index (κ2) is 6.30. The Morgan fingerprint density at radius 1 is 1.37 bits per heavy atom. The van der Waals surface area contributed by atoms with Crippen LogP contribution in [0.5, 0.6) is 0 Å². The maximum atomic E-state index is 5.81. The van der Waals surface area contributed by atoms with Crippen LogP contribution in [-0.4, -0.2) is 16.7 Å². The number of aromatic nitrogens is 2. The van der Waals surface area contributed by atoms with E-state index in [-0.39, 0.29) is 0 Å². The fourth-order valence-corrected chi connectivity index (χ4v) is 3.04. The van der Waals surface area contributed by atoms with E-state index in [1.165, 1.54) is 5.56 Å². The van der Waals surface area contributed by atoms with E-state index in [1.54, 1.807) is 11.3 Å². The molecule has 2 aromatic heterocycles. The fraction of sp³-hybridized carbons (Fsp3) is 0.571. The van der Waals surface area contributed by atoms with Crippen LogP contribution in [0.25, 0.3) is 11.4 Å². The monoisotopic (exact) mass is 279 g/mol. The molecular weight excluding hydrogens is 258 g/mol. The highest BCUT2D eigenvalue weighted by Gasteiger charge is 2.16. The molecule has 0 aliphatic heterocycles. The van der Waals surface area contributed by atoms with Crippen molar-refractivity contribution in [1.29, 1.82) is 0 Å². The lowest BCUT2D eigenvalue weighted by Gasteiger charge is -2.14. The summed E-state index contributed by atoms with van der Waals surface area (Å²) in [4.78, 5) is 4.48. The van der Waals surface area contributed by atoms with Gasteiger partial charge in [-0.25, -0.2) is 0 Å². The first-order valence-corrected chi connectivity index (χ1v) is 7.60. The lowest BCUT2D eigenvalue weighted by Crippen LogP contribution is -2.19. The summed E-state index contributed by atoms with van der Waals surface area (Å²) >= 11 is 1.66. The summed E-state index contributed by atoms with van der Waals surface area (Å²) < 4.78 is 5.35. The van der Waals surface area contributed by atoms with Crippen molar-refractivity contribution >= 4 is 11.3 Å². The number of aryl methyl sites for hydroxylation is 1. The highest BCUT2D eigenvalue weighted by atomic mass is 32.1. The molecule has 0 aliphatic rings. The van der Waals surface area contributed by atoms with E-state index in [0.717, 1.165) is 18.4 Å². The third kappa shape index (κ3) is 3.64. The van der Waals surface area contributed by atoms with E-state index in [1.807, 2.05) is 0 Å². The molecule has 0 radical (unpaired) electrons. The Morgan fingerprint density at radius 3 is 2.74 bits per heavy atom. The minimum atomic E-state index is 0.414. The zero-order valence-corrected chi connectivity index (χ0v) is 12.5. The van der Waals surface area contributed by atoms with Crippen molar-refractivity contribution < 1.29 is 4.52 Å². The molecule has 0 saturated carbocycles. The van der Waals surface area contributed by atoms with Gasteiger partial charge in [-0.3, -0.25) is 0 Å². The Kier molecular flexibility index (Phi) is 4.71. The minimum Gasteiger partial charge on any atom is -0.339 e. The highest BCUT2D eigenvalue weighted by molar-refractivity contribution is 7.08. The Morgan fingerprint density at radius 2 is 2.16 bits per heavy atom. The van der Waals surface area contributed by atoms with E-state index in [0.29, 0.717) is 30.1 Å². The van der Waals surface area contributed by atoms with Crippen molar-refractivity contribution in [3.05, 3.63) is 22.2 Å². The van der Waals surface area contributed by atoms with Gasteiger partial charge in [0.1, 0.15) is 0 Å². The maximum absolute atomic E-state index is 5.81. The zero-order valence-electron chi connectivity index (χ0n) is 11.7. The van der Waals surface area contributed by atoms with Gasteiger partial charge in [0.05, 0.1) is 0 Å². The van der Waals surface area contributed by atoms with Crippen LogP contribution in [0.15, 0.2) is 15.3 Å². The predicted molar refractivity (Wildman–Crippen MR) is 78.1 cm³/mol. The van der Waals surface area contributed by atoms with Gasteiger partial charge in [0, 0.05) is 17.4 Å². The van der Waals surface area contributed by atoms with Crippen molar-refractivity contribution in [2.45, 2.75) is 33.6 Å². The van der Waals surface area contributed by atoms with Crippen molar-refractivity contribution in [2.75, 3.05) is 6.54 Å². The number of nitrogens with two attached hydrogens (primary N) is 1. The van der Waals surface area contributed by atoms with E-state index >= 15 is 0 Å². The SMILES string of the molecule is Cc1cscc1-c1noc(C[C@@H](CN)CC(C)C)n1. The Hall–Kier alpha value is -1.20. The van der Waals surface area contributed by atoms with Gasteiger partial charge in [0.25, 0.3) is 0 Å². The first-order valence-electron chi connectivity index (χ1n) is 6.66. The van der Waals surface area contributed by atoms with Crippen LogP contribution in [0, 0.1) is 18.8 Å². The van der Waals surface area contributed by atoms with Gasteiger partial charge in [-0.2, -0.15) is 16.3 Å². The second-order valence-corrected chi connectivity index (χ2v) is 6.16. The number of hydrogen-bond donors (Lipinski definition) is 1. The third-order valence-electron chi connectivity index (χ3n) is 3.17. The summed E-state index contributed by atoms with van der Waals surface area (Å²) in [7, 11) is 0. The average molecular weight is 279 g/mol. The molecule has 0 amide bonds. The minimum absolute atomic E-state index is 0.414. The second-order valence-electron chi connectivity index (χ2n) is 5.42. The normalized spacial score (nSPS) is 13.1. The molecule has 2 rings (SSSR count). The third-order valence-corrected chi connectivity index (χ3v) is 4.03. The van der Waals surface area contributed by atoms with Gasteiger partial charge in [-0.1, -0.05) is 19.0 Å². The van der Waals surface area contributed by atoms with Gasteiger partial charge >= 0.3 is 0 Å². The summed E-state index contributed by atoms with van der Waals surface area (Å²) in [6, 6.07) is 0. The van der Waals surface area contributed by atoms with Crippen molar-refractivity contribution in [1.82, 2.24) is 10.1 Å². The average Bonchev–Trinajstić information content (AvgIpc) is 2.96. The highest BCUT2D eigenvalue weighted by Crippen LogP contribution is 2.25. The standard InChI is InChI=1S/C14H21N3OS/c1-9(2)4-11(6-15)5-13-16-14(17-18-13)12-8-19-7-10(12)3/h7-9,11H,4-6,15H2,1-3H3/t11-/m0/s1. The molecular formula is C14H21N3OS. The quantitative estimate of drug-likeness (QED) is 0.881. The summed E-state index contributed by atoms with van der Waals surface area (Å²) in [6.07, 6.45) is 1.86. The Labute approximate surface area is 118 Å². The first kappa shape index (κ1) is 14.2. The molecule has 2 aromatic rings. The van der Waals surface area contributed by atoms with Crippen LogP contribution in [0.4, 0.5) is 0 Å². The zero-order chi connectivity index (χ0) is 13.8. The number of thiophene rings is 1. The molecule has 104 valence electrons. The summed E-state index contributed by atoms with van der Waals surface area (Å²) in [5, 5.41) is 8.21. The van der Waals surface area contributed by atoms with Crippen molar-refractivity contribution in [3.8, 4) is 11.4 Å². The maximum Gasteiger partial charge on any atom is 0.227 e. The van der Waals surface area contributed by atoms with Crippen LogP contribution in [0.1, 0.15) is 31.7 Å². The van der Waals surface area contributed by atoms with Gasteiger partial charge < -0.3 is 10.3 Å². The first-order chi connectivity index (χ1) is 9.10. The van der Waals surface area contributed by atoms with Crippen LogP contribution in [0.3, 0.4) is 0 Å². The molecule has 2 N–H and O–H groups in total. The molecule has 4 nitrogen and oxygen atoms in total. The summed E-state index contributed by atoms with van der Waals surface area (Å²) in [5.41, 5.74) is 8.06. The van der Waals surface area contributed by atoms with E-state index in [2.05, 4.69) is 41.7 Å². The van der Waals surface area contributed by atoms with E-state index in [9.17, 15) is 0 Å². The van der Waals surface area contributed by atoms with E-state index < -0.39 is 0 Å². The molecule has 0 aromatic carbocycles. The van der Waals surface area contributed by atoms with Crippen LogP contribution in [-0.2, 0) is 6.42 Å². The molecule has 1 atom stereocenters. The van der Waals surface area contributed by atoms with Crippen molar-refractivity contribution in [2.24, 2.45) is 17.6 Å². The van der Waals surface area contributed by atoms with Gasteiger partial charge in [0.15, 0.2) is 0 Å². The van der Waals surface area contributed by atoms with Gasteiger partial charge in [-0.15, -0.1) is 0 Å². The lowest BCUT2D eigenvalue weighted by molar-refractivity contribution is 0.332. The molecule has 0 fully saturated rings. The topological polar surface area (TPSA) is 64.9 Å².